The highest BCUT2D eigenvalue weighted by Crippen LogP contribution is 2.16. The zero-order valence-electron chi connectivity index (χ0n) is 10.2. The number of aryl methyl sites for hydroxylation is 1. The topological polar surface area (TPSA) is 76.1 Å². The van der Waals surface area contributed by atoms with Crippen molar-refractivity contribution in [3.8, 4) is 0 Å². The molecular weight excluding hydrogens is 256 g/mol. The lowest BCUT2D eigenvalue weighted by molar-refractivity contribution is -0.120. The molecule has 1 aromatic rings. The molecule has 1 fully saturated rings. The maximum atomic E-state index is 12.1. The van der Waals surface area contributed by atoms with Gasteiger partial charge in [-0.05, 0) is 20.0 Å². The largest absolute Gasteiger partial charge is 0.379 e. The highest BCUT2D eigenvalue weighted by atomic mass is 35.5. The summed E-state index contributed by atoms with van der Waals surface area (Å²) in [6.07, 6.45) is 0. The quantitative estimate of drug-likeness (QED) is 0.787. The molecule has 2 rings (SSSR count). The van der Waals surface area contributed by atoms with Crippen LogP contribution in [0.1, 0.15) is 5.69 Å². The Balaban J connectivity index is 2.06. The van der Waals surface area contributed by atoms with Gasteiger partial charge >= 0.3 is 0 Å². The monoisotopic (exact) mass is 270 g/mol. The Morgan fingerprint density at radius 2 is 2.28 bits per heavy atom. The van der Waals surface area contributed by atoms with Crippen molar-refractivity contribution in [3.05, 3.63) is 16.9 Å². The fourth-order valence-corrected chi connectivity index (χ4v) is 2.12. The number of halogens is 1. The summed E-state index contributed by atoms with van der Waals surface area (Å²) in [7, 11) is 1.81. The van der Waals surface area contributed by atoms with Gasteiger partial charge in [0.05, 0.1) is 19.1 Å². The molecule has 2 atom stereocenters. The van der Waals surface area contributed by atoms with Crippen LogP contribution in [0.4, 0.5) is 5.95 Å². The minimum atomic E-state index is -0.238. The van der Waals surface area contributed by atoms with Crippen molar-refractivity contribution in [2.24, 2.45) is 5.92 Å². The lowest BCUT2D eigenvalue weighted by atomic mass is 10.0. The molecule has 0 aromatic carbocycles. The summed E-state index contributed by atoms with van der Waals surface area (Å²) in [4.78, 5) is 20.1. The predicted octanol–water partition coefficient (Wildman–Crippen LogP) is 0.611. The molecule has 0 bridgehead atoms. The van der Waals surface area contributed by atoms with Crippen molar-refractivity contribution in [2.45, 2.75) is 13.0 Å². The average molecular weight is 271 g/mol. The van der Waals surface area contributed by atoms with E-state index in [1.54, 1.807) is 20.0 Å². The summed E-state index contributed by atoms with van der Waals surface area (Å²) < 4.78 is 5.28. The van der Waals surface area contributed by atoms with Crippen LogP contribution in [0, 0.1) is 12.8 Å². The van der Waals surface area contributed by atoms with Crippen molar-refractivity contribution in [3.63, 3.8) is 0 Å². The number of hydrogen-bond acceptors (Lipinski definition) is 5. The second kappa shape index (κ2) is 5.60. The molecule has 2 heterocycles. The number of amides is 1. The summed E-state index contributed by atoms with van der Waals surface area (Å²) in [5.41, 5.74) is 0.707. The molecule has 18 heavy (non-hydrogen) atoms. The van der Waals surface area contributed by atoms with Crippen molar-refractivity contribution in [1.29, 1.82) is 0 Å². The Labute approximate surface area is 110 Å². The SMILES string of the molecule is CNC1COCC1C(=O)Nc1nc(C)cc(Cl)n1. The lowest BCUT2D eigenvalue weighted by Crippen LogP contribution is -2.39. The van der Waals surface area contributed by atoms with E-state index in [1.165, 1.54) is 0 Å². The Bertz CT molecular complexity index is 434. The first-order valence-electron chi connectivity index (χ1n) is 5.67. The average Bonchev–Trinajstić information content (AvgIpc) is 2.75. The summed E-state index contributed by atoms with van der Waals surface area (Å²) in [6.45, 7) is 2.72. The molecule has 1 aliphatic heterocycles. The van der Waals surface area contributed by atoms with Crippen LogP contribution in [-0.4, -0.2) is 42.2 Å². The van der Waals surface area contributed by atoms with Gasteiger partial charge in [-0.1, -0.05) is 11.6 Å². The summed E-state index contributed by atoms with van der Waals surface area (Å²) >= 11 is 5.81. The highest BCUT2D eigenvalue weighted by molar-refractivity contribution is 6.29. The van der Waals surface area contributed by atoms with Gasteiger partial charge in [-0.2, -0.15) is 0 Å². The number of nitrogens with zero attached hydrogens (tertiary/aromatic N) is 2. The first-order valence-corrected chi connectivity index (χ1v) is 6.05. The second-order valence-corrected chi connectivity index (χ2v) is 4.57. The van der Waals surface area contributed by atoms with Crippen LogP contribution in [0.3, 0.4) is 0 Å². The van der Waals surface area contributed by atoms with E-state index in [0.717, 1.165) is 0 Å². The second-order valence-electron chi connectivity index (χ2n) is 4.18. The van der Waals surface area contributed by atoms with Crippen molar-refractivity contribution < 1.29 is 9.53 Å². The van der Waals surface area contributed by atoms with Gasteiger partial charge in [0.1, 0.15) is 5.15 Å². The fraction of sp³-hybridized carbons (Fsp3) is 0.545. The lowest BCUT2D eigenvalue weighted by Gasteiger charge is -2.15. The molecule has 0 saturated carbocycles. The van der Waals surface area contributed by atoms with E-state index in [1.807, 2.05) is 0 Å². The van der Waals surface area contributed by atoms with Crippen LogP contribution in [0.15, 0.2) is 6.07 Å². The molecule has 1 aromatic heterocycles. The van der Waals surface area contributed by atoms with E-state index in [-0.39, 0.29) is 23.8 Å². The summed E-state index contributed by atoms with van der Waals surface area (Å²) in [6, 6.07) is 1.65. The molecule has 0 spiro atoms. The predicted molar refractivity (Wildman–Crippen MR) is 67.6 cm³/mol. The number of nitrogens with one attached hydrogen (secondary N) is 2. The highest BCUT2D eigenvalue weighted by Gasteiger charge is 2.33. The van der Waals surface area contributed by atoms with Crippen LogP contribution >= 0.6 is 11.6 Å². The summed E-state index contributed by atoms with van der Waals surface area (Å²) in [5.74, 6) is -0.168. The number of anilines is 1. The van der Waals surface area contributed by atoms with E-state index in [9.17, 15) is 4.79 Å². The molecular formula is C11H15ClN4O2. The van der Waals surface area contributed by atoms with Crippen LogP contribution in [0.5, 0.6) is 0 Å². The van der Waals surface area contributed by atoms with Crippen molar-refractivity contribution >= 4 is 23.5 Å². The molecule has 1 amide bonds. The van der Waals surface area contributed by atoms with E-state index in [0.29, 0.717) is 24.1 Å². The maximum absolute atomic E-state index is 12.1. The number of carbonyl (C=O) groups is 1. The number of aromatic nitrogens is 2. The normalized spacial score (nSPS) is 23.1. The molecule has 2 N–H and O–H groups in total. The van der Waals surface area contributed by atoms with E-state index >= 15 is 0 Å². The van der Waals surface area contributed by atoms with Crippen LogP contribution < -0.4 is 10.6 Å². The Hall–Kier alpha value is -1.24. The van der Waals surface area contributed by atoms with Crippen molar-refractivity contribution in [1.82, 2.24) is 15.3 Å². The van der Waals surface area contributed by atoms with Gasteiger partial charge in [-0.15, -0.1) is 0 Å². The minimum absolute atomic E-state index is 0.0188. The van der Waals surface area contributed by atoms with E-state index in [2.05, 4.69) is 20.6 Å². The zero-order valence-corrected chi connectivity index (χ0v) is 11.0. The van der Waals surface area contributed by atoms with Gasteiger partial charge in [0, 0.05) is 11.7 Å². The van der Waals surface area contributed by atoms with Crippen LogP contribution in [-0.2, 0) is 9.53 Å². The van der Waals surface area contributed by atoms with Gasteiger partial charge in [-0.3, -0.25) is 10.1 Å². The third-order valence-electron chi connectivity index (χ3n) is 2.85. The Morgan fingerprint density at radius 3 is 2.94 bits per heavy atom. The number of ether oxygens (including phenoxy) is 1. The van der Waals surface area contributed by atoms with Crippen molar-refractivity contribution in [2.75, 3.05) is 25.6 Å². The van der Waals surface area contributed by atoms with Crippen LogP contribution in [0.2, 0.25) is 5.15 Å². The number of carbonyl (C=O) groups excluding carboxylic acids is 1. The standard InChI is InChI=1S/C11H15ClN4O2/c1-6-3-9(12)15-11(14-6)16-10(17)7-4-18-5-8(7)13-2/h3,7-8,13H,4-5H2,1-2H3,(H,14,15,16,17). The molecule has 7 heteroatoms. The third kappa shape index (κ3) is 2.95. The molecule has 0 radical (unpaired) electrons. The Kier molecular flexibility index (Phi) is 4.11. The van der Waals surface area contributed by atoms with Gasteiger partial charge in [0.2, 0.25) is 11.9 Å². The summed E-state index contributed by atoms with van der Waals surface area (Å²) in [5, 5.41) is 6.03. The Morgan fingerprint density at radius 1 is 1.50 bits per heavy atom. The third-order valence-corrected chi connectivity index (χ3v) is 3.04. The molecule has 1 saturated heterocycles. The van der Waals surface area contributed by atoms with Crippen LogP contribution in [0.25, 0.3) is 0 Å². The van der Waals surface area contributed by atoms with Gasteiger partial charge in [0.25, 0.3) is 0 Å². The molecule has 0 aliphatic carbocycles. The maximum Gasteiger partial charge on any atom is 0.233 e. The van der Waals surface area contributed by atoms with Gasteiger partial charge in [-0.25, -0.2) is 9.97 Å². The van der Waals surface area contributed by atoms with Gasteiger partial charge < -0.3 is 10.1 Å². The molecule has 1 aliphatic rings. The zero-order chi connectivity index (χ0) is 13.1. The fourth-order valence-electron chi connectivity index (χ4n) is 1.89. The van der Waals surface area contributed by atoms with E-state index < -0.39 is 0 Å². The molecule has 2 unspecified atom stereocenters. The van der Waals surface area contributed by atoms with Gasteiger partial charge in [0.15, 0.2) is 0 Å². The smallest absolute Gasteiger partial charge is 0.233 e. The molecule has 6 nitrogen and oxygen atoms in total. The minimum Gasteiger partial charge on any atom is -0.379 e. The number of likely N-dealkylation sites (N-methyl/N-ethyl adjacent to an activating group) is 1. The number of rotatable bonds is 3. The number of hydrogen-bond donors (Lipinski definition) is 2. The van der Waals surface area contributed by atoms with E-state index in [4.69, 9.17) is 16.3 Å². The first kappa shape index (κ1) is 13.2. The first-order chi connectivity index (χ1) is 8.60. The molecule has 98 valence electrons.